The average Bonchev–Trinajstić information content (AvgIpc) is 2.66. The highest BCUT2D eigenvalue weighted by molar-refractivity contribution is 7.98. The second-order valence-electron chi connectivity index (χ2n) is 5.50. The molecule has 1 aromatic carbocycles. The van der Waals surface area contributed by atoms with Gasteiger partial charge in [0.25, 0.3) is 0 Å². The summed E-state index contributed by atoms with van der Waals surface area (Å²) in [6, 6.07) is 8.30. The molecule has 10 heteroatoms. The summed E-state index contributed by atoms with van der Waals surface area (Å²) in [5, 5.41) is 7.07. The van der Waals surface area contributed by atoms with E-state index in [9.17, 15) is 19.2 Å². The molecule has 4 amide bonds. The molecule has 0 aliphatic rings. The van der Waals surface area contributed by atoms with E-state index in [0.717, 1.165) is 5.56 Å². The molecule has 0 aromatic heterocycles. The molecule has 0 aliphatic carbocycles. The molecule has 0 bridgehead atoms. The zero-order valence-corrected chi connectivity index (χ0v) is 15.8. The predicted molar refractivity (Wildman–Crippen MR) is 102 cm³/mol. The van der Waals surface area contributed by atoms with Crippen LogP contribution in [0.2, 0.25) is 0 Å². The van der Waals surface area contributed by atoms with Gasteiger partial charge < -0.3 is 26.4 Å². The highest BCUT2D eigenvalue weighted by Crippen LogP contribution is 2.01. The first-order valence-corrected chi connectivity index (χ1v) is 9.60. The number of ether oxygens (including phenoxy) is 1. The Kier molecular flexibility index (Phi) is 10.4. The molecule has 0 spiro atoms. The van der Waals surface area contributed by atoms with Gasteiger partial charge in [-0.3, -0.25) is 14.4 Å². The summed E-state index contributed by atoms with van der Waals surface area (Å²) in [5.74, 6) is -1.08. The topological polar surface area (TPSA) is 140 Å². The van der Waals surface area contributed by atoms with Gasteiger partial charge >= 0.3 is 6.09 Å². The zero-order chi connectivity index (χ0) is 20.1. The minimum Gasteiger partial charge on any atom is -0.445 e. The first-order valence-electron chi connectivity index (χ1n) is 8.21. The van der Waals surface area contributed by atoms with Gasteiger partial charge in [-0.15, -0.1) is 0 Å². The number of benzene rings is 1. The summed E-state index contributed by atoms with van der Waals surface area (Å²) in [6.07, 6.45) is 1.53. The molecule has 9 nitrogen and oxygen atoms in total. The number of alkyl carbamates (subject to hydrolysis) is 1. The zero-order valence-electron chi connectivity index (χ0n) is 15.0. The minimum absolute atomic E-state index is 0.0846. The van der Waals surface area contributed by atoms with Crippen molar-refractivity contribution in [1.82, 2.24) is 16.0 Å². The molecule has 148 valence electrons. The third-order valence-electron chi connectivity index (χ3n) is 3.34. The Morgan fingerprint density at radius 1 is 1.07 bits per heavy atom. The first-order chi connectivity index (χ1) is 12.9. The van der Waals surface area contributed by atoms with E-state index in [1.54, 1.807) is 12.1 Å². The van der Waals surface area contributed by atoms with Crippen molar-refractivity contribution in [3.63, 3.8) is 0 Å². The molecule has 1 aromatic rings. The van der Waals surface area contributed by atoms with Gasteiger partial charge in [0.2, 0.25) is 17.7 Å². The van der Waals surface area contributed by atoms with Crippen LogP contribution in [-0.4, -0.2) is 55.0 Å². The lowest BCUT2D eigenvalue weighted by molar-refractivity contribution is -0.128. The monoisotopic (exact) mass is 396 g/mol. The van der Waals surface area contributed by atoms with Crippen LogP contribution in [0.3, 0.4) is 0 Å². The van der Waals surface area contributed by atoms with E-state index in [1.165, 1.54) is 11.8 Å². The first kappa shape index (κ1) is 22.3. The maximum Gasteiger partial charge on any atom is 0.407 e. The third kappa shape index (κ3) is 10.1. The number of hydrogen-bond donors (Lipinski definition) is 4. The highest BCUT2D eigenvalue weighted by Gasteiger charge is 2.17. The highest BCUT2D eigenvalue weighted by atomic mass is 32.2. The van der Waals surface area contributed by atoms with Gasteiger partial charge in [0.1, 0.15) is 19.2 Å². The fourth-order valence-corrected chi connectivity index (χ4v) is 2.41. The van der Waals surface area contributed by atoms with Crippen molar-refractivity contribution >= 4 is 35.6 Å². The Morgan fingerprint density at radius 2 is 1.74 bits per heavy atom. The molecule has 0 radical (unpaired) electrons. The second-order valence-corrected chi connectivity index (χ2v) is 6.48. The Morgan fingerprint density at radius 3 is 2.37 bits per heavy atom. The lowest BCUT2D eigenvalue weighted by Gasteiger charge is -2.15. The summed E-state index contributed by atoms with van der Waals surface area (Å²) < 4.78 is 4.96. The molecule has 0 saturated heterocycles. The summed E-state index contributed by atoms with van der Waals surface area (Å²) in [7, 11) is 0. The van der Waals surface area contributed by atoms with E-state index in [0.29, 0.717) is 12.2 Å². The predicted octanol–water partition coefficient (Wildman–Crippen LogP) is -0.248. The Labute approximate surface area is 161 Å². The number of carbonyl (C=O) groups excluding carboxylic acids is 4. The van der Waals surface area contributed by atoms with Gasteiger partial charge in [0, 0.05) is 0 Å². The lowest BCUT2D eigenvalue weighted by atomic mass is 10.2. The average molecular weight is 396 g/mol. The molecule has 0 saturated carbocycles. The Bertz CT molecular complexity index is 641. The van der Waals surface area contributed by atoms with Crippen LogP contribution in [0, 0.1) is 0 Å². The van der Waals surface area contributed by atoms with Crippen LogP contribution in [0.25, 0.3) is 0 Å². The summed E-state index contributed by atoms with van der Waals surface area (Å²) in [6.45, 7) is -0.587. The van der Waals surface area contributed by atoms with Crippen molar-refractivity contribution in [3.05, 3.63) is 35.9 Å². The summed E-state index contributed by atoms with van der Waals surface area (Å²) >= 11 is 1.52. The molecule has 0 unspecified atom stereocenters. The molecule has 1 rings (SSSR count). The van der Waals surface area contributed by atoms with E-state index in [-0.39, 0.29) is 19.7 Å². The fraction of sp³-hybridized carbons (Fsp3) is 0.412. The Hall–Kier alpha value is -2.75. The number of hydrogen-bond acceptors (Lipinski definition) is 6. The SMILES string of the molecule is CSCC[C@@H](NC(=O)CNC(=O)CNC(=O)OCc1ccccc1)C(N)=O. The number of carbonyl (C=O) groups is 4. The quantitative estimate of drug-likeness (QED) is 0.407. The molecular weight excluding hydrogens is 372 g/mol. The van der Waals surface area contributed by atoms with Crippen LogP contribution >= 0.6 is 11.8 Å². The molecule has 5 N–H and O–H groups in total. The summed E-state index contributed by atoms with van der Waals surface area (Å²) in [4.78, 5) is 46.2. The largest absolute Gasteiger partial charge is 0.445 e. The normalized spacial score (nSPS) is 11.1. The van der Waals surface area contributed by atoms with Crippen molar-refractivity contribution in [2.45, 2.75) is 19.1 Å². The van der Waals surface area contributed by atoms with Crippen molar-refractivity contribution < 1.29 is 23.9 Å². The standard InChI is InChI=1S/C17H24N4O5S/c1-27-8-7-13(16(18)24)21-15(23)10-19-14(22)9-20-17(25)26-11-12-5-3-2-4-6-12/h2-6,13H,7-11H2,1H3,(H2,18,24)(H,19,22)(H,20,25)(H,21,23)/t13-/m1/s1. The van der Waals surface area contributed by atoms with Gasteiger partial charge in [-0.05, 0) is 24.0 Å². The van der Waals surface area contributed by atoms with E-state index < -0.39 is 29.9 Å². The molecule has 27 heavy (non-hydrogen) atoms. The Balaban J connectivity index is 2.22. The number of nitrogens with one attached hydrogen (secondary N) is 3. The molecular formula is C17H24N4O5S. The molecule has 1 atom stereocenters. The smallest absolute Gasteiger partial charge is 0.407 e. The molecule has 0 fully saturated rings. The van der Waals surface area contributed by atoms with Crippen molar-refractivity contribution in [1.29, 1.82) is 0 Å². The number of rotatable bonds is 11. The molecule has 0 aliphatic heterocycles. The van der Waals surface area contributed by atoms with Crippen LogP contribution in [-0.2, 0) is 25.7 Å². The van der Waals surface area contributed by atoms with Crippen molar-refractivity contribution in [3.8, 4) is 0 Å². The number of thioether (sulfide) groups is 1. The summed E-state index contributed by atoms with van der Waals surface area (Å²) in [5.41, 5.74) is 6.04. The van der Waals surface area contributed by atoms with Gasteiger partial charge in [-0.2, -0.15) is 11.8 Å². The van der Waals surface area contributed by atoms with Crippen LogP contribution < -0.4 is 21.7 Å². The maximum atomic E-state index is 11.8. The number of amides is 4. The van der Waals surface area contributed by atoms with Crippen molar-refractivity contribution in [2.75, 3.05) is 25.1 Å². The van der Waals surface area contributed by atoms with E-state index >= 15 is 0 Å². The van der Waals surface area contributed by atoms with Crippen LogP contribution in [0.1, 0.15) is 12.0 Å². The lowest BCUT2D eigenvalue weighted by Crippen LogP contribution is -2.49. The van der Waals surface area contributed by atoms with E-state index in [4.69, 9.17) is 10.5 Å². The van der Waals surface area contributed by atoms with Crippen LogP contribution in [0.15, 0.2) is 30.3 Å². The maximum absolute atomic E-state index is 11.8. The minimum atomic E-state index is -0.784. The second kappa shape index (κ2) is 12.6. The van der Waals surface area contributed by atoms with Crippen LogP contribution in [0.5, 0.6) is 0 Å². The third-order valence-corrected chi connectivity index (χ3v) is 3.99. The van der Waals surface area contributed by atoms with Gasteiger partial charge in [-0.25, -0.2) is 4.79 Å². The van der Waals surface area contributed by atoms with Crippen molar-refractivity contribution in [2.24, 2.45) is 5.73 Å². The van der Waals surface area contributed by atoms with E-state index in [1.807, 2.05) is 24.5 Å². The van der Waals surface area contributed by atoms with E-state index in [2.05, 4.69) is 16.0 Å². The number of nitrogens with two attached hydrogens (primary N) is 1. The fourth-order valence-electron chi connectivity index (χ4n) is 1.93. The number of primary amides is 1. The van der Waals surface area contributed by atoms with Gasteiger partial charge in [0.15, 0.2) is 0 Å². The van der Waals surface area contributed by atoms with Gasteiger partial charge in [-0.1, -0.05) is 30.3 Å². The molecule has 0 heterocycles. The van der Waals surface area contributed by atoms with Crippen LogP contribution in [0.4, 0.5) is 4.79 Å². The van der Waals surface area contributed by atoms with Gasteiger partial charge in [0.05, 0.1) is 6.54 Å².